The number of fused-ring (bicyclic) bond motifs is 1. The second-order valence-corrected chi connectivity index (χ2v) is 5.25. The van der Waals surface area contributed by atoms with Crippen LogP contribution in [0.1, 0.15) is 24.3 Å². The highest BCUT2D eigenvalue weighted by Crippen LogP contribution is 2.35. The van der Waals surface area contributed by atoms with Crippen molar-refractivity contribution < 1.29 is 18.3 Å². The SMILES string of the molecule is O=C(CC1CCOc2ccccc21)Nc1ccc(F)c(F)c1. The highest BCUT2D eigenvalue weighted by Gasteiger charge is 2.23. The van der Waals surface area contributed by atoms with Gasteiger partial charge in [-0.2, -0.15) is 0 Å². The van der Waals surface area contributed by atoms with Crippen LogP contribution in [0.5, 0.6) is 5.75 Å². The van der Waals surface area contributed by atoms with Crippen molar-refractivity contribution in [1.82, 2.24) is 0 Å². The number of benzene rings is 2. The molecule has 1 atom stereocenters. The molecule has 2 aromatic rings. The standard InChI is InChI=1S/C17H15F2NO2/c18-14-6-5-12(10-15(14)19)20-17(21)9-11-7-8-22-16-4-2-1-3-13(11)16/h1-6,10-11H,7-9H2,(H,20,21). The molecule has 1 heterocycles. The number of ether oxygens (including phenoxy) is 1. The molecule has 3 rings (SSSR count). The fourth-order valence-corrected chi connectivity index (χ4v) is 2.64. The quantitative estimate of drug-likeness (QED) is 0.935. The molecule has 1 aliphatic rings. The molecule has 0 radical (unpaired) electrons. The molecule has 1 amide bonds. The number of hydrogen-bond acceptors (Lipinski definition) is 2. The minimum absolute atomic E-state index is 0.0650. The Morgan fingerprint density at radius 1 is 1.18 bits per heavy atom. The number of amides is 1. The molecule has 0 aromatic heterocycles. The maximum absolute atomic E-state index is 13.1. The molecular weight excluding hydrogens is 288 g/mol. The van der Waals surface area contributed by atoms with Crippen LogP contribution in [0.4, 0.5) is 14.5 Å². The van der Waals surface area contributed by atoms with E-state index in [0.29, 0.717) is 6.61 Å². The fraction of sp³-hybridized carbons (Fsp3) is 0.235. The van der Waals surface area contributed by atoms with Crippen LogP contribution in [0.3, 0.4) is 0 Å². The van der Waals surface area contributed by atoms with Crippen molar-refractivity contribution in [3.8, 4) is 5.75 Å². The summed E-state index contributed by atoms with van der Waals surface area (Å²) in [5.41, 5.74) is 1.26. The third kappa shape index (κ3) is 3.08. The van der Waals surface area contributed by atoms with Crippen molar-refractivity contribution in [3.05, 3.63) is 59.7 Å². The lowest BCUT2D eigenvalue weighted by Crippen LogP contribution is -2.20. The molecule has 3 nitrogen and oxygen atoms in total. The number of anilines is 1. The van der Waals surface area contributed by atoms with Crippen LogP contribution in [-0.2, 0) is 4.79 Å². The first kappa shape index (κ1) is 14.5. The van der Waals surface area contributed by atoms with Gasteiger partial charge in [-0.05, 0) is 36.1 Å². The van der Waals surface area contributed by atoms with E-state index in [4.69, 9.17) is 4.74 Å². The number of nitrogens with one attached hydrogen (secondary N) is 1. The van der Waals surface area contributed by atoms with Gasteiger partial charge in [0.05, 0.1) is 6.61 Å². The molecule has 0 fully saturated rings. The maximum atomic E-state index is 13.1. The lowest BCUT2D eigenvalue weighted by molar-refractivity contribution is -0.116. The first-order valence-electron chi connectivity index (χ1n) is 7.10. The number of para-hydroxylation sites is 1. The predicted octanol–water partition coefficient (Wildman–Crippen LogP) is 3.86. The lowest BCUT2D eigenvalue weighted by Gasteiger charge is -2.25. The van der Waals surface area contributed by atoms with Crippen LogP contribution in [0.15, 0.2) is 42.5 Å². The molecule has 22 heavy (non-hydrogen) atoms. The van der Waals surface area contributed by atoms with E-state index in [2.05, 4.69) is 5.32 Å². The Morgan fingerprint density at radius 3 is 2.82 bits per heavy atom. The highest BCUT2D eigenvalue weighted by atomic mass is 19.2. The second kappa shape index (κ2) is 6.13. The van der Waals surface area contributed by atoms with Gasteiger partial charge in [-0.15, -0.1) is 0 Å². The van der Waals surface area contributed by atoms with Gasteiger partial charge < -0.3 is 10.1 Å². The van der Waals surface area contributed by atoms with Crippen LogP contribution in [0, 0.1) is 11.6 Å². The second-order valence-electron chi connectivity index (χ2n) is 5.25. The van der Waals surface area contributed by atoms with Gasteiger partial charge in [0.2, 0.25) is 5.91 Å². The van der Waals surface area contributed by atoms with E-state index in [0.717, 1.165) is 29.9 Å². The summed E-state index contributed by atoms with van der Waals surface area (Å²) in [4.78, 5) is 12.1. The Balaban J connectivity index is 1.69. The Morgan fingerprint density at radius 2 is 2.00 bits per heavy atom. The number of hydrogen-bond donors (Lipinski definition) is 1. The summed E-state index contributed by atoms with van der Waals surface area (Å²) < 4.78 is 31.6. The lowest BCUT2D eigenvalue weighted by atomic mass is 9.90. The third-order valence-electron chi connectivity index (χ3n) is 3.72. The van der Waals surface area contributed by atoms with Crippen LogP contribution in [-0.4, -0.2) is 12.5 Å². The third-order valence-corrected chi connectivity index (χ3v) is 3.72. The number of halogens is 2. The molecule has 114 valence electrons. The predicted molar refractivity (Wildman–Crippen MR) is 78.9 cm³/mol. The molecule has 5 heteroatoms. The molecule has 2 aromatic carbocycles. The van der Waals surface area contributed by atoms with Gasteiger partial charge in [-0.1, -0.05) is 18.2 Å². The minimum atomic E-state index is -0.978. The van der Waals surface area contributed by atoms with E-state index in [1.165, 1.54) is 6.07 Å². The monoisotopic (exact) mass is 303 g/mol. The van der Waals surface area contributed by atoms with E-state index in [1.807, 2.05) is 24.3 Å². The largest absolute Gasteiger partial charge is 0.493 e. The van der Waals surface area contributed by atoms with E-state index < -0.39 is 11.6 Å². The summed E-state index contributed by atoms with van der Waals surface area (Å²) in [5.74, 6) is -1.27. The van der Waals surface area contributed by atoms with Crippen molar-refractivity contribution in [1.29, 1.82) is 0 Å². The van der Waals surface area contributed by atoms with Gasteiger partial charge >= 0.3 is 0 Å². The van der Waals surface area contributed by atoms with Crippen molar-refractivity contribution in [2.45, 2.75) is 18.8 Å². The average molecular weight is 303 g/mol. The molecule has 0 saturated carbocycles. The van der Waals surface area contributed by atoms with Crippen LogP contribution >= 0.6 is 0 Å². The average Bonchev–Trinajstić information content (AvgIpc) is 2.51. The van der Waals surface area contributed by atoms with Crippen LogP contribution < -0.4 is 10.1 Å². The summed E-state index contributed by atoms with van der Waals surface area (Å²) in [6, 6.07) is 10.9. The zero-order valence-corrected chi connectivity index (χ0v) is 11.8. The van der Waals surface area contributed by atoms with Gasteiger partial charge in [0.15, 0.2) is 11.6 Å². The Hall–Kier alpha value is -2.43. The van der Waals surface area contributed by atoms with E-state index >= 15 is 0 Å². The zero-order valence-electron chi connectivity index (χ0n) is 11.8. The molecule has 1 aliphatic heterocycles. The summed E-state index contributed by atoms with van der Waals surface area (Å²) in [6.07, 6.45) is 1.03. The Labute approximate surface area is 126 Å². The topological polar surface area (TPSA) is 38.3 Å². The van der Waals surface area contributed by atoms with Crippen LogP contribution in [0.25, 0.3) is 0 Å². The number of rotatable bonds is 3. The van der Waals surface area contributed by atoms with Gasteiger partial charge in [-0.3, -0.25) is 4.79 Å². The van der Waals surface area contributed by atoms with Crippen LogP contribution in [0.2, 0.25) is 0 Å². The Bertz CT molecular complexity index is 703. The van der Waals surface area contributed by atoms with E-state index in [9.17, 15) is 13.6 Å². The first-order valence-corrected chi connectivity index (χ1v) is 7.10. The fourth-order valence-electron chi connectivity index (χ4n) is 2.64. The van der Waals surface area contributed by atoms with Crippen molar-refractivity contribution in [3.63, 3.8) is 0 Å². The van der Waals surface area contributed by atoms with Crippen molar-refractivity contribution >= 4 is 11.6 Å². The van der Waals surface area contributed by atoms with Gasteiger partial charge in [0.1, 0.15) is 5.75 Å². The molecule has 1 unspecified atom stereocenters. The molecule has 0 saturated heterocycles. The summed E-state index contributed by atoms with van der Waals surface area (Å²) in [6.45, 7) is 0.570. The van der Waals surface area contributed by atoms with Gasteiger partial charge in [0.25, 0.3) is 0 Å². The molecular formula is C17H15F2NO2. The first-order chi connectivity index (χ1) is 10.6. The Kier molecular flexibility index (Phi) is 4.04. The minimum Gasteiger partial charge on any atom is -0.493 e. The summed E-state index contributed by atoms with van der Waals surface area (Å²) >= 11 is 0. The molecule has 0 bridgehead atoms. The zero-order chi connectivity index (χ0) is 15.5. The van der Waals surface area contributed by atoms with E-state index in [1.54, 1.807) is 0 Å². The number of carbonyl (C=O) groups excluding carboxylic acids is 1. The van der Waals surface area contributed by atoms with Gasteiger partial charge in [0, 0.05) is 18.2 Å². The normalized spacial score (nSPS) is 16.5. The van der Waals surface area contributed by atoms with Gasteiger partial charge in [-0.25, -0.2) is 8.78 Å². The molecule has 0 spiro atoms. The summed E-state index contributed by atoms with van der Waals surface area (Å²) in [7, 11) is 0. The maximum Gasteiger partial charge on any atom is 0.224 e. The summed E-state index contributed by atoms with van der Waals surface area (Å²) in [5, 5.41) is 2.60. The molecule has 0 aliphatic carbocycles. The number of carbonyl (C=O) groups is 1. The highest BCUT2D eigenvalue weighted by molar-refractivity contribution is 5.91. The van der Waals surface area contributed by atoms with Crippen molar-refractivity contribution in [2.75, 3.05) is 11.9 Å². The van der Waals surface area contributed by atoms with E-state index in [-0.39, 0.29) is 23.9 Å². The smallest absolute Gasteiger partial charge is 0.224 e. The molecule has 1 N–H and O–H groups in total. The van der Waals surface area contributed by atoms with Crippen molar-refractivity contribution in [2.24, 2.45) is 0 Å².